The van der Waals surface area contributed by atoms with Crippen molar-refractivity contribution in [2.45, 2.75) is 32.7 Å². The van der Waals surface area contributed by atoms with Gasteiger partial charge >= 0.3 is 0 Å². The van der Waals surface area contributed by atoms with Crippen molar-refractivity contribution in [3.05, 3.63) is 29.4 Å². The molecule has 0 unspecified atom stereocenters. The first-order chi connectivity index (χ1) is 11.3. The summed E-state index contributed by atoms with van der Waals surface area (Å²) in [5.74, 6) is 1.16. The van der Waals surface area contributed by atoms with E-state index >= 15 is 0 Å². The van der Waals surface area contributed by atoms with E-state index in [9.17, 15) is 8.42 Å². The highest BCUT2D eigenvalue weighted by Crippen LogP contribution is 2.34. The van der Waals surface area contributed by atoms with Crippen LogP contribution in [0.1, 0.15) is 36.0 Å². The van der Waals surface area contributed by atoms with E-state index in [4.69, 9.17) is 4.52 Å². The largest absolute Gasteiger partial charge is 0.361 e. The van der Waals surface area contributed by atoms with Crippen LogP contribution >= 0.6 is 0 Å². The Balaban J connectivity index is 2.00. The molecule has 130 valence electrons. The molecule has 24 heavy (non-hydrogen) atoms. The monoisotopic (exact) mass is 351 g/mol. The first kappa shape index (κ1) is 17.0. The Hall–Kier alpha value is -1.84. The highest BCUT2D eigenvalue weighted by Gasteiger charge is 2.37. The maximum absolute atomic E-state index is 12.5. The number of rotatable bonds is 4. The molecule has 1 fully saturated rings. The van der Waals surface area contributed by atoms with E-state index < -0.39 is 10.2 Å². The first-order valence-electron chi connectivity index (χ1n) is 7.78. The zero-order valence-corrected chi connectivity index (χ0v) is 15.0. The van der Waals surface area contributed by atoms with E-state index in [1.807, 2.05) is 13.8 Å². The van der Waals surface area contributed by atoms with Gasteiger partial charge in [-0.15, -0.1) is 0 Å². The summed E-state index contributed by atoms with van der Waals surface area (Å²) < 4.78 is 33.0. The van der Waals surface area contributed by atoms with Gasteiger partial charge in [-0.25, -0.2) is 9.97 Å². The average molecular weight is 351 g/mol. The van der Waals surface area contributed by atoms with Gasteiger partial charge in [-0.3, -0.25) is 0 Å². The molecule has 1 aliphatic heterocycles. The van der Waals surface area contributed by atoms with Gasteiger partial charge in [0.25, 0.3) is 10.2 Å². The number of aromatic nitrogens is 3. The second-order valence-corrected chi connectivity index (χ2v) is 8.16. The molecule has 1 atom stereocenters. The highest BCUT2D eigenvalue weighted by molar-refractivity contribution is 7.86. The molecule has 2 aromatic heterocycles. The van der Waals surface area contributed by atoms with Crippen LogP contribution in [0.2, 0.25) is 0 Å². The number of hydrogen-bond acceptors (Lipinski definition) is 6. The minimum atomic E-state index is -3.48. The second-order valence-electron chi connectivity index (χ2n) is 6.06. The summed E-state index contributed by atoms with van der Waals surface area (Å²) >= 11 is 0. The molecular weight excluding hydrogens is 330 g/mol. The molecule has 0 aliphatic carbocycles. The molecule has 0 radical (unpaired) electrons. The molecular formula is C15H21N5O3S. The number of hydrogen-bond donors (Lipinski definition) is 0. The van der Waals surface area contributed by atoms with E-state index in [1.165, 1.54) is 8.61 Å². The highest BCUT2D eigenvalue weighted by atomic mass is 32.2. The maximum atomic E-state index is 12.5. The van der Waals surface area contributed by atoms with E-state index in [0.717, 1.165) is 18.4 Å². The average Bonchev–Trinajstić information content (AvgIpc) is 3.15. The first-order valence-corrected chi connectivity index (χ1v) is 9.17. The van der Waals surface area contributed by atoms with Crippen LogP contribution in [0, 0.1) is 13.8 Å². The summed E-state index contributed by atoms with van der Waals surface area (Å²) in [4.78, 5) is 8.91. The quantitative estimate of drug-likeness (QED) is 0.832. The Labute approximate surface area is 141 Å². The van der Waals surface area contributed by atoms with Crippen LogP contribution in [0.3, 0.4) is 0 Å². The van der Waals surface area contributed by atoms with E-state index in [2.05, 4.69) is 15.1 Å². The van der Waals surface area contributed by atoms with Gasteiger partial charge in [-0.05, 0) is 32.8 Å². The molecule has 2 aromatic rings. The molecule has 8 nitrogen and oxygen atoms in total. The van der Waals surface area contributed by atoms with Gasteiger partial charge in [0, 0.05) is 26.8 Å². The number of nitrogens with zero attached hydrogens (tertiary/aromatic N) is 5. The van der Waals surface area contributed by atoms with Crippen molar-refractivity contribution in [3.63, 3.8) is 0 Å². The zero-order valence-electron chi connectivity index (χ0n) is 14.2. The van der Waals surface area contributed by atoms with Crippen LogP contribution in [-0.2, 0) is 10.2 Å². The smallest absolute Gasteiger partial charge is 0.282 e. The maximum Gasteiger partial charge on any atom is 0.282 e. The van der Waals surface area contributed by atoms with Crippen LogP contribution in [-0.4, -0.2) is 52.8 Å². The predicted octanol–water partition coefficient (Wildman–Crippen LogP) is 1.69. The Bertz CT molecular complexity index is 827. The third-order valence-electron chi connectivity index (χ3n) is 4.24. The van der Waals surface area contributed by atoms with Gasteiger partial charge < -0.3 is 4.52 Å². The minimum absolute atomic E-state index is 0.278. The van der Waals surface area contributed by atoms with Crippen LogP contribution in [0.4, 0.5) is 0 Å². The summed E-state index contributed by atoms with van der Waals surface area (Å²) in [6.07, 6.45) is 3.20. The molecule has 3 rings (SSSR count). The lowest BCUT2D eigenvalue weighted by atomic mass is 10.1. The zero-order chi connectivity index (χ0) is 17.5. The van der Waals surface area contributed by atoms with Crippen molar-refractivity contribution in [3.8, 4) is 11.4 Å². The summed E-state index contributed by atoms with van der Waals surface area (Å²) in [5, 5.41) is 3.93. The molecule has 3 heterocycles. The van der Waals surface area contributed by atoms with Gasteiger partial charge in [0.15, 0.2) is 5.82 Å². The molecule has 1 aliphatic rings. The van der Waals surface area contributed by atoms with Crippen molar-refractivity contribution >= 4 is 10.2 Å². The lowest BCUT2D eigenvalue weighted by Gasteiger charge is -2.26. The topological polar surface area (TPSA) is 92.4 Å². The summed E-state index contributed by atoms with van der Waals surface area (Å²) in [5.41, 5.74) is 2.17. The van der Waals surface area contributed by atoms with Crippen molar-refractivity contribution in [1.29, 1.82) is 0 Å². The van der Waals surface area contributed by atoms with Gasteiger partial charge in [0.05, 0.1) is 23.0 Å². The van der Waals surface area contributed by atoms with E-state index in [0.29, 0.717) is 29.5 Å². The van der Waals surface area contributed by atoms with Crippen LogP contribution in [0.15, 0.2) is 16.8 Å². The van der Waals surface area contributed by atoms with Crippen LogP contribution in [0.25, 0.3) is 11.4 Å². The Morgan fingerprint density at radius 1 is 1.33 bits per heavy atom. The lowest BCUT2D eigenvalue weighted by molar-refractivity contribution is 0.358. The van der Waals surface area contributed by atoms with Crippen LogP contribution in [0.5, 0.6) is 0 Å². The molecule has 0 amide bonds. The summed E-state index contributed by atoms with van der Waals surface area (Å²) in [6.45, 7) is 4.14. The Kier molecular flexibility index (Phi) is 4.41. The van der Waals surface area contributed by atoms with E-state index in [-0.39, 0.29) is 6.04 Å². The fraction of sp³-hybridized carbons (Fsp3) is 0.533. The lowest BCUT2D eigenvalue weighted by Crippen LogP contribution is -2.39. The normalized spacial score (nSPS) is 19.3. The fourth-order valence-electron chi connectivity index (χ4n) is 3.00. The third kappa shape index (κ3) is 2.83. The molecule has 0 aromatic carbocycles. The molecule has 0 saturated carbocycles. The molecule has 1 saturated heterocycles. The fourth-order valence-corrected chi connectivity index (χ4v) is 4.32. The number of aryl methyl sites for hydroxylation is 2. The Morgan fingerprint density at radius 2 is 2.08 bits per heavy atom. The standard InChI is InChI=1S/C15H21N5O3S/c1-10-14(11(2)23-18-10)15-16-8-7-12(17-15)13-6-5-9-20(13)24(21,22)19(3)4/h7-8,13H,5-6,9H2,1-4H3/t13-/m0/s1. The third-order valence-corrected chi connectivity index (χ3v) is 6.19. The van der Waals surface area contributed by atoms with Crippen molar-refractivity contribution in [2.24, 2.45) is 0 Å². The molecule has 9 heteroatoms. The second kappa shape index (κ2) is 6.23. The van der Waals surface area contributed by atoms with Crippen LogP contribution < -0.4 is 0 Å². The van der Waals surface area contributed by atoms with Crippen molar-refractivity contribution in [2.75, 3.05) is 20.6 Å². The summed E-state index contributed by atoms with van der Waals surface area (Å²) in [6, 6.07) is 1.50. The van der Waals surface area contributed by atoms with E-state index in [1.54, 1.807) is 26.4 Å². The van der Waals surface area contributed by atoms with Gasteiger partial charge in [0.1, 0.15) is 5.76 Å². The van der Waals surface area contributed by atoms with Crippen molar-refractivity contribution < 1.29 is 12.9 Å². The molecule has 0 bridgehead atoms. The van der Waals surface area contributed by atoms with Gasteiger partial charge in [-0.2, -0.15) is 17.0 Å². The van der Waals surface area contributed by atoms with Gasteiger partial charge in [-0.1, -0.05) is 5.16 Å². The SMILES string of the molecule is Cc1noc(C)c1-c1nccc([C@@H]2CCCN2S(=O)(=O)N(C)C)n1. The Morgan fingerprint density at radius 3 is 2.71 bits per heavy atom. The summed E-state index contributed by atoms with van der Waals surface area (Å²) in [7, 11) is -0.398. The predicted molar refractivity (Wildman–Crippen MR) is 88.3 cm³/mol. The molecule has 0 N–H and O–H groups in total. The van der Waals surface area contributed by atoms with Gasteiger partial charge in [0.2, 0.25) is 0 Å². The molecule has 0 spiro atoms. The minimum Gasteiger partial charge on any atom is -0.361 e. The van der Waals surface area contributed by atoms with Crippen molar-refractivity contribution in [1.82, 2.24) is 23.7 Å².